The summed E-state index contributed by atoms with van der Waals surface area (Å²) in [5, 5.41) is 3.10. The van der Waals surface area contributed by atoms with Gasteiger partial charge in [0.15, 0.2) is 23.3 Å². The molecule has 10 nitrogen and oxygen atoms in total. The summed E-state index contributed by atoms with van der Waals surface area (Å²) in [6.45, 7) is 0. The van der Waals surface area contributed by atoms with E-state index in [1.807, 2.05) is 97.5 Å². The van der Waals surface area contributed by atoms with Crippen molar-refractivity contribution < 1.29 is 0 Å². The summed E-state index contributed by atoms with van der Waals surface area (Å²) in [7, 11) is 0. The lowest BCUT2D eigenvalue weighted by molar-refractivity contribution is 0.983. The quantitative estimate of drug-likeness (QED) is 0.157. The Balaban J connectivity index is 1.14. The highest BCUT2D eigenvalue weighted by atomic mass is 15.2. The number of hydrogen-bond donors (Lipinski definition) is 0. The second-order valence-electron chi connectivity index (χ2n) is 17.0. The van der Waals surface area contributed by atoms with Gasteiger partial charge in [-0.25, -0.2) is 19.9 Å². The summed E-state index contributed by atoms with van der Waals surface area (Å²) < 4.78 is 6.85. The van der Waals surface area contributed by atoms with E-state index in [4.69, 9.17) is 34.9 Å². The van der Waals surface area contributed by atoms with Crippen molar-refractivity contribution >= 4 is 65.8 Å². The molecule has 0 amide bonds. The van der Waals surface area contributed by atoms with Crippen molar-refractivity contribution in [3.05, 3.63) is 219 Å². The maximum Gasteiger partial charge on any atom is 0.165 e. The molecular weight excluding hydrogens is 849 g/mol. The second-order valence-corrected chi connectivity index (χ2v) is 17.0. The zero-order valence-corrected chi connectivity index (χ0v) is 36.8. The molecule has 322 valence electrons. The van der Waals surface area contributed by atoms with Gasteiger partial charge in [-0.15, -0.1) is 0 Å². The van der Waals surface area contributed by atoms with Crippen molar-refractivity contribution in [1.82, 2.24) is 48.6 Å². The minimum absolute atomic E-state index is 0.559. The molecule has 8 heterocycles. The Kier molecular flexibility index (Phi) is 8.65. The molecular formula is C59H36N10. The first-order valence-corrected chi connectivity index (χ1v) is 22.8. The Morgan fingerprint density at radius 2 is 0.696 bits per heavy atom. The monoisotopic (exact) mass is 884 g/mol. The van der Waals surface area contributed by atoms with Crippen LogP contribution in [0.25, 0.3) is 128 Å². The molecule has 69 heavy (non-hydrogen) atoms. The Morgan fingerprint density at radius 3 is 1.25 bits per heavy atom. The number of nitrogens with zero attached hydrogens (tertiary/aromatic N) is 10. The lowest BCUT2D eigenvalue weighted by Gasteiger charge is -2.22. The number of fused-ring (bicyclic) bond motifs is 9. The van der Waals surface area contributed by atoms with Crippen LogP contribution in [0, 0.1) is 0 Å². The van der Waals surface area contributed by atoms with Gasteiger partial charge in [0.05, 0.1) is 55.3 Å². The molecule has 0 atom stereocenters. The third kappa shape index (κ3) is 6.09. The molecule has 14 rings (SSSR count). The summed E-state index contributed by atoms with van der Waals surface area (Å²) >= 11 is 0. The summed E-state index contributed by atoms with van der Waals surface area (Å²) in [4.78, 5) is 36.2. The van der Waals surface area contributed by atoms with Crippen LogP contribution >= 0.6 is 0 Å². The summed E-state index contributed by atoms with van der Waals surface area (Å²) in [6, 6.07) is 68.6. The number of benzene rings is 6. The van der Waals surface area contributed by atoms with Crippen LogP contribution in [0.2, 0.25) is 0 Å². The molecule has 8 aromatic heterocycles. The van der Waals surface area contributed by atoms with Gasteiger partial charge in [-0.3, -0.25) is 24.1 Å². The molecule has 0 bridgehead atoms. The Morgan fingerprint density at radius 1 is 0.290 bits per heavy atom. The highest BCUT2D eigenvalue weighted by Crippen LogP contribution is 2.43. The van der Waals surface area contributed by atoms with Crippen molar-refractivity contribution in [3.63, 3.8) is 0 Å². The largest absolute Gasteiger partial charge is 0.304 e. The van der Waals surface area contributed by atoms with E-state index in [1.54, 1.807) is 0 Å². The van der Waals surface area contributed by atoms with Crippen LogP contribution in [0.3, 0.4) is 0 Å². The average molecular weight is 885 g/mol. The molecule has 14 aromatic rings. The fraction of sp³-hybridized carbons (Fsp3) is 0. The third-order valence-electron chi connectivity index (χ3n) is 13.0. The zero-order chi connectivity index (χ0) is 45.4. The SMILES string of the molecule is c1ccc(-c2nc(-c3ccccc3)nc(-c3cccc(-c4cc(-n5c6ccccc6c6ncccc65)nc(-n5c6ccccc6c6ncccc65)c4-n4c5ccccc5c5ncccc54)c3)n2)cc1. The van der Waals surface area contributed by atoms with Crippen molar-refractivity contribution in [2.24, 2.45) is 0 Å². The highest BCUT2D eigenvalue weighted by molar-refractivity contribution is 6.11. The molecule has 0 unspecified atom stereocenters. The minimum atomic E-state index is 0.559. The fourth-order valence-corrected chi connectivity index (χ4v) is 10.1. The molecule has 0 saturated heterocycles. The summed E-state index contributed by atoms with van der Waals surface area (Å²) in [6.07, 6.45) is 5.58. The Bertz CT molecular complexity index is 4110. The van der Waals surface area contributed by atoms with Gasteiger partial charge in [-0.1, -0.05) is 133 Å². The first-order chi connectivity index (χ1) is 34.2. The highest BCUT2D eigenvalue weighted by Gasteiger charge is 2.27. The van der Waals surface area contributed by atoms with Crippen LogP contribution in [0.4, 0.5) is 0 Å². The molecule has 0 spiro atoms. The van der Waals surface area contributed by atoms with Crippen molar-refractivity contribution in [2.45, 2.75) is 0 Å². The molecule has 0 fully saturated rings. The number of para-hydroxylation sites is 3. The topological polar surface area (TPSA) is 105 Å². The lowest BCUT2D eigenvalue weighted by atomic mass is 10.0. The molecule has 0 aliphatic carbocycles. The van der Waals surface area contributed by atoms with Crippen LogP contribution in [-0.2, 0) is 0 Å². The number of hydrogen-bond acceptors (Lipinski definition) is 7. The fourth-order valence-electron chi connectivity index (χ4n) is 10.1. The average Bonchev–Trinajstić information content (AvgIpc) is 4.07. The van der Waals surface area contributed by atoms with Crippen LogP contribution in [0.1, 0.15) is 0 Å². The van der Waals surface area contributed by atoms with E-state index >= 15 is 0 Å². The van der Waals surface area contributed by atoms with Crippen LogP contribution < -0.4 is 0 Å². The predicted octanol–water partition coefficient (Wildman–Crippen LogP) is 13.4. The van der Waals surface area contributed by atoms with Gasteiger partial charge < -0.3 is 4.57 Å². The molecule has 0 radical (unpaired) electrons. The van der Waals surface area contributed by atoms with Crippen molar-refractivity contribution in [3.8, 4) is 62.6 Å². The van der Waals surface area contributed by atoms with Gasteiger partial charge in [-0.2, -0.15) is 0 Å². The first kappa shape index (κ1) is 38.6. The lowest BCUT2D eigenvalue weighted by Crippen LogP contribution is -2.11. The summed E-state index contributed by atoms with van der Waals surface area (Å²) in [5.41, 5.74) is 13.8. The minimum Gasteiger partial charge on any atom is -0.304 e. The van der Waals surface area contributed by atoms with Crippen molar-refractivity contribution in [2.75, 3.05) is 0 Å². The normalized spacial score (nSPS) is 11.8. The third-order valence-corrected chi connectivity index (χ3v) is 13.0. The number of rotatable bonds is 7. The van der Waals surface area contributed by atoms with E-state index in [0.717, 1.165) is 105 Å². The van der Waals surface area contributed by atoms with Gasteiger partial charge in [0.2, 0.25) is 0 Å². The van der Waals surface area contributed by atoms with Gasteiger partial charge in [0.25, 0.3) is 0 Å². The second kappa shape index (κ2) is 15.5. The Labute approximate surface area is 394 Å². The van der Waals surface area contributed by atoms with E-state index in [1.165, 1.54) is 0 Å². The van der Waals surface area contributed by atoms with Gasteiger partial charge in [0, 0.05) is 57.0 Å². The molecule has 0 aliphatic rings. The van der Waals surface area contributed by atoms with E-state index in [2.05, 4.69) is 135 Å². The maximum absolute atomic E-state index is 5.88. The zero-order valence-electron chi connectivity index (χ0n) is 36.8. The van der Waals surface area contributed by atoms with Gasteiger partial charge >= 0.3 is 0 Å². The molecule has 0 aliphatic heterocycles. The van der Waals surface area contributed by atoms with Crippen LogP contribution in [0.5, 0.6) is 0 Å². The van der Waals surface area contributed by atoms with E-state index in [-0.39, 0.29) is 0 Å². The van der Waals surface area contributed by atoms with Crippen LogP contribution in [-0.4, -0.2) is 48.6 Å². The molecule has 10 heteroatoms. The standard InChI is InChI=1S/C59H36N10/c1-3-17-37(18-4-1)56-64-57(38-19-5-2-6-20-38)66-58(65-56)40-22-13-21-39(35-40)44-36-51(67-45-26-10-7-23-41(45)52-48(67)29-14-32-60-52)63-59(69-47-28-12-9-25-43(47)54-50(69)31-16-34-62-54)55(44)68-46-27-11-8-24-42(46)53-49(68)30-15-33-61-53/h1-36H. The van der Waals surface area contributed by atoms with Crippen molar-refractivity contribution in [1.29, 1.82) is 0 Å². The van der Waals surface area contributed by atoms with Crippen LogP contribution in [0.15, 0.2) is 219 Å². The first-order valence-electron chi connectivity index (χ1n) is 22.8. The van der Waals surface area contributed by atoms with E-state index in [0.29, 0.717) is 23.3 Å². The number of aromatic nitrogens is 10. The van der Waals surface area contributed by atoms with Gasteiger partial charge in [-0.05, 0) is 72.3 Å². The maximum atomic E-state index is 5.88. The van der Waals surface area contributed by atoms with E-state index < -0.39 is 0 Å². The predicted molar refractivity (Wildman–Crippen MR) is 276 cm³/mol. The van der Waals surface area contributed by atoms with E-state index in [9.17, 15) is 0 Å². The smallest absolute Gasteiger partial charge is 0.165 e. The summed E-state index contributed by atoms with van der Waals surface area (Å²) in [5.74, 6) is 3.18. The van der Waals surface area contributed by atoms with Gasteiger partial charge in [0.1, 0.15) is 5.82 Å². The Hall–Kier alpha value is -9.67. The molecule has 0 saturated carbocycles. The number of pyridine rings is 4. The molecule has 6 aromatic carbocycles. The molecule has 0 N–H and O–H groups in total.